The first-order valence-corrected chi connectivity index (χ1v) is 11.1. The van der Waals surface area contributed by atoms with Gasteiger partial charge in [0, 0.05) is 23.2 Å². The van der Waals surface area contributed by atoms with Crippen LogP contribution in [0, 0.1) is 12.3 Å². The number of rotatable bonds is 6. The van der Waals surface area contributed by atoms with E-state index in [-0.39, 0.29) is 11.4 Å². The van der Waals surface area contributed by atoms with Crippen molar-refractivity contribution in [1.29, 1.82) is 0 Å². The number of imidazole rings is 1. The Kier molecular flexibility index (Phi) is 7.45. The Bertz CT molecular complexity index is 1220. The van der Waals surface area contributed by atoms with Gasteiger partial charge >= 0.3 is 18.5 Å². The van der Waals surface area contributed by atoms with E-state index in [0.717, 1.165) is 37.4 Å². The van der Waals surface area contributed by atoms with Crippen molar-refractivity contribution in [2.24, 2.45) is 5.41 Å². The lowest BCUT2D eigenvalue weighted by molar-refractivity contribution is -0.274. The maximum Gasteiger partial charge on any atom is 0.573 e. The molecule has 13 heteroatoms. The highest BCUT2D eigenvalue weighted by atomic mass is 79.9. The number of hydrogen-bond acceptors (Lipinski definition) is 5. The van der Waals surface area contributed by atoms with Crippen molar-refractivity contribution in [3.8, 4) is 5.75 Å². The zero-order valence-electron chi connectivity index (χ0n) is 18.9. The highest BCUT2D eigenvalue weighted by Gasteiger charge is 2.47. The van der Waals surface area contributed by atoms with Crippen LogP contribution in [-0.2, 0) is 20.5 Å². The number of Topliss-reactive ketones (excluding diaryl/α,β-unsaturated/α-hetero) is 1. The van der Waals surface area contributed by atoms with Crippen molar-refractivity contribution in [3.05, 3.63) is 70.3 Å². The van der Waals surface area contributed by atoms with E-state index in [1.165, 1.54) is 30.6 Å². The molecule has 1 aliphatic rings. The molecule has 0 N–H and O–H groups in total. The van der Waals surface area contributed by atoms with E-state index in [0.29, 0.717) is 4.48 Å². The van der Waals surface area contributed by atoms with Gasteiger partial charge in [0.1, 0.15) is 11.6 Å². The fraction of sp³-hybridized carbons (Fsp3) is 0.348. The molecule has 0 bridgehead atoms. The Hall–Kier alpha value is -3.09. The van der Waals surface area contributed by atoms with Gasteiger partial charge in [-0.25, -0.2) is 4.98 Å². The monoisotopic (exact) mass is 580 g/mol. The van der Waals surface area contributed by atoms with Gasteiger partial charge in [-0.3, -0.25) is 9.59 Å². The van der Waals surface area contributed by atoms with E-state index in [4.69, 9.17) is 4.74 Å². The Labute approximate surface area is 209 Å². The molecule has 3 unspecified atom stereocenters. The molecular weight excluding hydrogens is 562 g/mol. The number of hydrogen-bond donors (Lipinski definition) is 0. The van der Waals surface area contributed by atoms with Gasteiger partial charge in [-0.15, -0.1) is 13.2 Å². The van der Waals surface area contributed by atoms with Gasteiger partial charge in [0.2, 0.25) is 0 Å². The average molecular weight is 581 g/mol. The number of carbonyl (C=O) groups is 2. The van der Waals surface area contributed by atoms with Crippen LogP contribution in [-0.4, -0.2) is 27.7 Å². The van der Waals surface area contributed by atoms with Crippen LogP contribution >= 0.6 is 15.9 Å². The average Bonchev–Trinajstić information content (AvgIpc) is 3.13. The molecule has 36 heavy (non-hydrogen) atoms. The Morgan fingerprint density at radius 2 is 1.75 bits per heavy atom. The first-order valence-electron chi connectivity index (χ1n) is 10.3. The third-order valence-corrected chi connectivity index (χ3v) is 5.96. The smallest absolute Gasteiger partial charge is 0.450 e. The number of aryl methyl sites for hydroxylation is 1. The van der Waals surface area contributed by atoms with Crippen LogP contribution < -0.4 is 4.74 Å². The second kappa shape index (κ2) is 9.75. The van der Waals surface area contributed by atoms with E-state index in [2.05, 4.69) is 25.7 Å². The second-order valence-corrected chi connectivity index (χ2v) is 9.08. The maximum absolute atomic E-state index is 13.9. The normalized spacial score (nSPS) is 21.1. The van der Waals surface area contributed by atoms with E-state index < -0.39 is 53.3 Å². The SMILES string of the molecule is CC(=O)OC(C(=O)C1(C)C=C(Br)C=CC1n1cc(C(F)(F)F)nc1C)c1ccc(OC(F)(F)F)cc1. The first kappa shape index (κ1) is 27.5. The first-order chi connectivity index (χ1) is 16.5. The number of esters is 1. The van der Waals surface area contributed by atoms with Crippen molar-refractivity contribution in [2.45, 2.75) is 45.5 Å². The minimum atomic E-state index is -4.93. The van der Waals surface area contributed by atoms with Gasteiger partial charge in [-0.1, -0.05) is 46.3 Å². The summed E-state index contributed by atoms with van der Waals surface area (Å²) < 4.78 is 88.0. The fourth-order valence-corrected chi connectivity index (χ4v) is 4.50. The summed E-state index contributed by atoms with van der Waals surface area (Å²) in [6.07, 6.45) is -5.93. The molecule has 0 saturated carbocycles. The standard InChI is InChI=1S/C23H19BrF6N2O4/c1-12-31-17(22(25,26)27)11-32(12)18-9-6-15(24)10-21(18,3)20(34)19(35-13(2)33)14-4-7-16(8-5-14)36-23(28,29)30/h4-11,18-19H,1-3H3. The quantitative estimate of drug-likeness (QED) is 0.293. The van der Waals surface area contributed by atoms with Crippen LogP contribution in [0.5, 0.6) is 5.75 Å². The van der Waals surface area contributed by atoms with Crippen LogP contribution in [0.1, 0.15) is 43.1 Å². The summed E-state index contributed by atoms with van der Waals surface area (Å²) in [5.41, 5.74) is -2.67. The van der Waals surface area contributed by atoms with E-state index in [1.807, 2.05) is 0 Å². The largest absolute Gasteiger partial charge is 0.573 e. The summed E-state index contributed by atoms with van der Waals surface area (Å²) in [5, 5.41) is 0. The van der Waals surface area contributed by atoms with Gasteiger partial charge in [0.25, 0.3) is 0 Å². The summed E-state index contributed by atoms with van der Waals surface area (Å²) in [6.45, 7) is 3.85. The molecule has 6 nitrogen and oxygen atoms in total. The molecule has 1 aromatic carbocycles. The van der Waals surface area contributed by atoms with Crippen LogP contribution in [0.25, 0.3) is 0 Å². The highest BCUT2D eigenvalue weighted by molar-refractivity contribution is 9.11. The molecule has 1 aromatic heterocycles. The molecule has 0 spiro atoms. The number of halogens is 7. The lowest BCUT2D eigenvalue weighted by Gasteiger charge is -2.38. The van der Waals surface area contributed by atoms with Crippen molar-refractivity contribution in [3.63, 3.8) is 0 Å². The minimum absolute atomic E-state index is 0.0138. The van der Waals surface area contributed by atoms with Crippen LogP contribution in [0.15, 0.2) is 53.2 Å². The van der Waals surface area contributed by atoms with Gasteiger partial charge < -0.3 is 14.0 Å². The molecule has 194 valence electrons. The van der Waals surface area contributed by atoms with Crippen LogP contribution in [0.4, 0.5) is 26.3 Å². The van der Waals surface area contributed by atoms with Gasteiger partial charge in [-0.05, 0) is 26.0 Å². The topological polar surface area (TPSA) is 70.4 Å². The molecule has 3 rings (SSSR count). The lowest BCUT2D eigenvalue weighted by Crippen LogP contribution is -2.40. The molecular formula is C23H19BrF6N2O4. The van der Waals surface area contributed by atoms with Crippen molar-refractivity contribution < 1.29 is 45.4 Å². The van der Waals surface area contributed by atoms with Crippen molar-refractivity contribution >= 4 is 27.7 Å². The summed E-state index contributed by atoms with van der Waals surface area (Å²) >= 11 is 3.27. The summed E-state index contributed by atoms with van der Waals surface area (Å²) in [4.78, 5) is 29.3. The second-order valence-electron chi connectivity index (χ2n) is 8.16. The third kappa shape index (κ3) is 6.00. The van der Waals surface area contributed by atoms with Crippen LogP contribution in [0.3, 0.4) is 0 Å². The van der Waals surface area contributed by atoms with Crippen molar-refractivity contribution in [2.75, 3.05) is 0 Å². The number of aromatic nitrogens is 2. The Morgan fingerprint density at radius 3 is 2.25 bits per heavy atom. The predicted molar refractivity (Wildman–Crippen MR) is 118 cm³/mol. The molecule has 1 heterocycles. The molecule has 0 aliphatic heterocycles. The van der Waals surface area contributed by atoms with Gasteiger partial charge in [-0.2, -0.15) is 13.2 Å². The Balaban J connectivity index is 2.05. The van der Waals surface area contributed by atoms with E-state index in [1.54, 1.807) is 6.08 Å². The molecule has 2 aromatic rings. The fourth-order valence-electron chi connectivity index (χ4n) is 3.87. The highest BCUT2D eigenvalue weighted by Crippen LogP contribution is 2.46. The van der Waals surface area contributed by atoms with E-state index in [9.17, 15) is 35.9 Å². The van der Waals surface area contributed by atoms with Gasteiger partial charge in [0.15, 0.2) is 17.6 Å². The lowest BCUT2D eigenvalue weighted by atomic mass is 9.72. The zero-order chi connectivity index (χ0) is 27.1. The summed E-state index contributed by atoms with van der Waals surface area (Å²) in [6, 6.07) is 3.17. The minimum Gasteiger partial charge on any atom is -0.450 e. The number of allylic oxidation sites excluding steroid dienone is 4. The van der Waals surface area contributed by atoms with E-state index >= 15 is 0 Å². The van der Waals surface area contributed by atoms with Gasteiger partial charge in [0.05, 0.1) is 11.5 Å². The zero-order valence-corrected chi connectivity index (χ0v) is 20.5. The summed E-state index contributed by atoms with van der Waals surface area (Å²) in [7, 11) is 0. The number of carbonyl (C=O) groups excluding carboxylic acids is 2. The number of benzene rings is 1. The van der Waals surface area contributed by atoms with Crippen molar-refractivity contribution in [1.82, 2.24) is 9.55 Å². The predicted octanol–water partition coefficient (Wildman–Crippen LogP) is 6.38. The molecule has 0 radical (unpaired) electrons. The number of alkyl halides is 6. The summed E-state index contributed by atoms with van der Waals surface area (Å²) in [5.74, 6) is -2.15. The molecule has 3 atom stereocenters. The molecule has 0 saturated heterocycles. The number of ketones is 1. The Morgan fingerprint density at radius 1 is 1.14 bits per heavy atom. The number of nitrogens with zero attached hydrogens (tertiary/aromatic N) is 2. The maximum atomic E-state index is 13.9. The van der Waals surface area contributed by atoms with Crippen LogP contribution in [0.2, 0.25) is 0 Å². The molecule has 0 fully saturated rings. The number of ether oxygens (including phenoxy) is 2. The molecule has 1 aliphatic carbocycles. The third-order valence-electron chi connectivity index (χ3n) is 5.47. The molecule has 0 amide bonds.